The zero-order valence-corrected chi connectivity index (χ0v) is 9.93. The van der Waals surface area contributed by atoms with E-state index < -0.39 is 0 Å². The predicted molar refractivity (Wildman–Crippen MR) is 69.8 cm³/mol. The second kappa shape index (κ2) is 4.69. The monoisotopic (exact) mass is 218 g/mol. The van der Waals surface area contributed by atoms with Crippen LogP contribution in [0, 0.1) is 0 Å². The van der Waals surface area contributed by atoms with Crippen molar-refractivity contribution in [2.24, 2.45) is 0 Å². The molecule has 0 spiro atoms. The zero-order valence-electron chi connectivity index (χ0n) is 7.77. The molecule has 0 saturated carbocycles. The van der Waals surface area contributed by atoms with Gasteiger partial charge in [-0.25, -0.2) is 0 Å². The van der Waals surface area contributed by atoms with Crippen molar-refractivity contribution in [1.29, 1.82) is 0 Å². The molecule has 0 heterocycles. The fourth-order valence-corrected chi connectivity index (χ4v) is 2.79. The molecule has 0 saturated heterocycles. The maximum atomic E-state index is 2.79. The second-order valence-electron chi connectivity index (χ2n) is 3.08. The molecule has 2 unspecified atom stereocenters. The summed E-state index contributed by atoms with van der Waals surface area (Å²) in [5.74, 6) is 0. The highest BCUT2D eigenvalue weighted by atomic mass is 31.1. The van der Waals surface area contributed by atoms with Crippen molar-refractivity contribution in [2.45, 2.75) is 0 Å². The van der Waals surface area contributed by atoms with Crippen molar-refractivity contribution in [2.75, 3.05) is 0 Å². The third kappa shape index (κ3) is 2.41. The molecule has 14 heavy (non-hydrogen) atoms. The van der Waals surface area contributed by atoms with Crippen LogP contribution in [0.3, 0.4) is 0 Å². The molecule has 0 aliphatic rings. The van der Waals surface area contributed by atoms with Crippen LogP contribution in [0.1, 0.15) is 0 Å². The first-order valence-corrected chi connectivity index (χ1v) is 6.10. The standard InChI is InChI=1S/C12H12P2/c13-11-8-4-5-9-12(11)14-10-6-2-1-3-7-10/h1-9,14H,13H2. The van der Waals surface area contributed by atoms with E-state index in [0.29, 0.717) is 0 Å². The lowest BCUT2D eigenvalue weighted by Gasteiger charge is -2.04. The van der Waals surface area contributed by atoms with Crippen LogP contribution in [0.2, 0.25) is 0 Å². The van der Waals surface area contributed by atoms with Crippen LogP contribution in [0.5, 0.6) is 0 Å². The van der Waals surface area contributed by atoms with E-state index in [1.807, 2.05) is 0 Å². The Kier molecular flexibility index (Phi) is 3.30. The van der Waals surface area contributed by atoms with Gasteiger partial charge in [-0.2, -0.15) is 0 Å². The van der Waals surface area contributed by atoms with Gasteiger partial charge in [0.25, 0.3) is 0 Å². The van der Waals surface area contributed by atoms with Crippen LogP contribution >= 0.6 is 17.8 Å². The van der Waals surface area contributed by atoms with Crippen molar-refractivity contribution in [3.63, 3.8) is 0 Å². The average Bonchev–Trinajstić information content (AvgIpc) is 2.23. The predicted octanol–water partition coefficient (Wildman–Crippen LogP) is 1.82. The summed E-state index contributed by atoms with van der Waals surface area (Å²) >= 11 is 0. The van der Waals surface area contributed by atoms with E-state index in [1.165, 1.54) is 15.9 Å². The number of rotatable bonds is 2. The van der Waals surface area contributed by atoms with Gasteiger partial charge in [-0.15, -0.1) is 9.24 Å². The fraction of sp³-hybridized carbons (Fsp3) is 0. The highest BCUT2D eigenvalue weighted by Gasteiger charge is 1.97. The van der Waals surface area contributed by atoms with E-state index >= 15 is 0 Å². The minimum absolute atomic E-state index is 0.755. The third-order valence-corrected chi connectivity index (χ3v) is 4.15. The Hall–Kier alpha value is -0.700. The molecule has 0 bridgehead atoms. The molecule has 0 N–H and O–H groups in total. The quantitative estimate of drug-likeness (QED) is 0.674. The largest absolute Gasteiger partial charge is 0.105 e. The summed E-state index contributed by atoms with van der Waals surface area (Å²) in [5.41, 5.74) is 0. The highest BCUT2D eigenvalue weighted by molar-refractivity contribution is 7.57. The van der Waals surface area contributed by atoms with E-state index in [-0.39, 0.29) is 0 Å². The van der Waals surface area contributed by atoms with Gasteiger partial charge in [0.2, 0.25) is 0 Å². The molecule has 0 aromatic heterocycles. The Morgan fingerprint density at radius 2 is 1.43 bits per heavy atom. The molecule has 0 radical (unpaired) electrons. The van der Waals surface area contributed by atoms with Gasteiger partial charge in [-0.05, 0) is 15.9 Å². The van der Waals surface area contributed by atoms with E-state index in [0.717, 1.165) is 8.58 Å². The van der Waals surface area contributed by atoms with Crippen molar-refractivity contribution in [3.05, 3.63) is 54.6 Å². The number of hydrogen-bond donors (Lipinski definition) is 0. The summed E-state index contributed by atoms with van der Waals surface area (Å²) in [6.07, 6.45) is 0. The smallest absolute Gasteiger partial charge is 0.0155 e. The molecular weight excluding hydrogens is 206 g/mol. The Morgan fingerprint density at radius 3 is 2.14 bits per heavy atom. The van der Waals surface area contributed by atoms with Gasteiger partial charge < -0.3 is 0 Å². The molecule has 2 aromatic rings. The van der Waals surface area contributed by atoms with Gasteiger partial charge in [0, 0.05) is 0 Å². The Bertz CT molecular complexity index is 410. The van der Waals surface area contributed by atoms with Crippen LogP contribution in [0.25, 0.3) is 0 Å². The summed E-state index contributed by atoms with van der Waals surface area (Å²) < 4.78 is 0. The first kappa shape index (κ1) is 9.84. The first-order valence-electron chi connectivity index (χ1n) is 4.53. The minimum atomic E-state index is 0.755. The summed E-state index contributed by atoms with van der Waals surface area (Å²) in [7, 11) is 3.54. The van der Waals surface area contributed by atoms with Gasteiger partial charge in [0.15, 0.2) is 0 Å². The number of hydrogen-bond acceptors (Lipinski definition) is 0. The van der Waals surface area contributed by atoms with E-state index in [1.54, 1.807) is 0 Å². The van der Waals surface area contributed by atoms with Gasteiger partial charge in [0.05, 0.1) is 0 Å². The maximum Gasteiger partial charge on any atom is -0.0155 e. The molecule has 0 amide bonds. The Balaban J connectivity index is 2.24. The average molecular weight is 218 g/mol. The van der Waals surface area contributed by atoms with Crippen LogP contribution in [-0.2, 0) is 0 Å². The lowest BCUT2D eigenvalue weighted by molar-refractivity contribution is 1.77. The molecule has 2 atom stereocenters. The van der Waals surface area contributed by atoms with Crippen LogP contribution in [-0.4, -0.2) is 0 Å². The molecule has 70 valence electrons. The van der Waals surface area contributed by atoms with E-state index in [9.17, 15) is 0 Å². The molecule has 0 fully saturated rings. The first-order chi connectivity index (χ1) is 6.86. The van der Waals surface area contributed by atoms with Gasteiger partial charge in [0.1, 0.15) is 0 Å². The summed E-state index contributed by atoms with van der Waals surface area (Å²) in [6.45, 7) is 0. The summed E-state index contributed by atoms with van der Waals surface area (Å²) in [5, 5.41) is 4.10. The van der Waals surface area contributed by atoms with Crippen LogP contribution in [0.4, 0.5) is 0 Å². The molecule has 2 aromatic carbocycles. The van der Waals surface area contributed by atoms with Crippen molar-refractivity contribution in [1.82, 2.24) is 0 Å². The highest BCUT2D eigenvalue weighted by Crippen LogP contribution is 2.09. The van der Waals surface area contributed by atoms with Crippen molar-refractivity contribution < 1.29 is 0 Å². The molecule has 0 aliphatic heterocycles. The molecule has 2 heteroatoms. The molecule has 0 aliphatic carbocycles. The maximum absolute atomic E-state index is 2.79. The molecular formula is C12H12P2. The summed E-state index contributed by atoms with van der Waals surface area (Å²) in [4.78, 5) is 0. The van der Waals surface area contributed by atoms with Gasteiger partial charge in [-0.3, -0.25) is 0 Å². The Morgan fingerprint density at radius 1 is 0.786 bits per heavy atom. The zero-order chi connectivity index (χ0) is 9.80. The normalized spacial score (nSPS) is 10.9. The lowest BCUT2D eigenvalue weighted by Crippen LogP contribution is -2.15. The minimum Gasteiger partial charge on any atom is -0.105 e. The lowest BCUT2D eigenvalue weighted by atomic mass is 10.4. The fourth-order valence-electron chi connectivity index (χ4n) is 1.29. The van der Waals surface area contributed by atoms with Crippen molar-refractivity contribution >= 4 is 33.7 Å². The SMILES string of the molecule is Pc1ccccc1Pc1ccccc1. The third-order valence-electron chi connectivity index (χ3n) is 2.01. The van der Waals surface area contributed by atoms with Gasteiger partial charge in [-0.1, -0.05) is 63.2 Å². The second-order valence-corrected chi connectivity index (χ2v) is 5.07. The van der Waals surface area contributed by atoms with Crippen LogP contribution < -0.4 is 15.9 Å². The topological polar surface area (TPSA) is 0 Å². The summed E-state index contributed by atoms with van der Waals surface area (Å²) in [6, 6.07) is 19.1. The van der Waals surface area contributed by atoms with Crippen LogP contribution in [0.15, 0.2) is 54.6 Å². The van der Waals surface area contributed by atoms with E-state index in [4.69, 9.17) is 0 Å². The van der Waals surface area contributed by atoms with Gasteiger partial charge >= 0.3 is 0 Å². The molecule has 2 rings (SSSR count). The van der Waals surface area contributed by atoms with Crippen molar-refractivity contribution in [3.8, 4) is 0 Å². The van der Waals surface area contributed by atoms with E-state index in [2.05, 4.69) is 63.8 Å². The number of benzene rings is 2. The Labute approximate surface area is 88.7 Å². The molecule has 0 nitrogen and oxygen atoms in total.